The summed E-state index contributed by atoms with van der Waals surface area (Å²) in [5.41, 5.74) is 0. The minimum atomic E-state index is -0.183. The van der Waals surface area contributed by atoms with Gasteiger partial charge < -0.3 is 9.47 Å². The molecule has 0 spiro atoms. The second-order valence-electron chi connectivity index (χ2n) is 1.80. The van der Waals surface area contributed by atoms with E-state index in [0.29, 0.717) is 26.0 Å². The van der Waals surface area contributed by atoms with E-state index in [-0.39, 0.29) is 6.10 Å². The lowest BCUT2D eigenvalue weighted by atomic mass is 10.3. The molecule has 0 aliphatic rings. The first-order valence-corrected chi connectivity index (χ1v) is 2.95. The zero-order chi connectivity index (χ0) is 7.82. The first kappa shape index (κ1) is 8.94. The summed E-state index contributed by atoms with van der Waals surface area (Å²) in [5, 5.41) is 0. The molecule has 0 aromatic rings. The summed E-state index contributed by atoms with van der Waals surface area (Å²) < 4.78 is 8.89. The maximum atomic E-state index is 9.72. The van der Waals surface area contributed by atoms with E-state index in [9.17, 15) is 9.59 Å². The van der Waals surface area contributed by atoms with Crippen LogP contribution in [0.1, 0.15) is 13.3 Å². The van der Waals surface area contributed by atoms with Crippen LogP contribution in [-0.4, -0.2) is 25.7 Å². The second-order valence-corrected chi connectivity index (χ2v) is 1.80. The number of ether oxygens (including phenoxy) is 2. The summed E-state index contributed by atoms with van der Waals surface area (Å²) in [7, 11) is 0. The molecule has 4 nitrogen and oxygen atoms in total. The van der Waals surface area contributed by atoms with Crippen molar-refractivity contribution in [1.29, 1.82) is 0 Å². The second kappa shape index (κ2) is 6.07. The van der Waals surface area contributed by atoms with Crippen molar-refractivity contribution in [2.45, 2.75) is 19.4 Å². The van der Waals surface area contributed by atoms with E-state index in [1.165, 1.54) is 0 Å². The van der Waals surface area contributed by atoms with Crippen LogP contribution in [-0.2, 0) is 19.1 Å². The number of carbonyl (C=O) groups excluding carboxylic acids is 2. The van der Waals surface area contributed by atoms with Crippen molar-refractivity contribution in [3.63, 3.8) is 0 Å². The van der Waals surface area contributed by atoms with Crippen LogP contribution < -0.4 is 0 Å². The molecule has 58 valence electrons. The Bertz CT molecular complexity index is 102. The van der Waals surface area contributed by atoms with Gasteiger partial charge >= 0.3 is 0 Å². The minimum absolute atomic E-state index is 0.183. The SMILES string of the molecule is CC(CCOC=O)OC=O. The zero-order valence-electron chi connectivity index (χ0n) is 5.78. The van der Waals surface area contributed by atoms with E-state index < -0.39 is 0 Å². The molecular weight excluding hydrogens is 136 g/mol. The van der Waals surface area contributed by atoms with Crippen molar-refractivity contribution in [1.82, 2.24) is 0 Å². The lowest BCUT2D eigenvalue weighted by Crippen LogP contribution is -2.09. The third kappa shape index (κ3) is 5.08. The molecule has 0 fully saturated rings. The van der Waals surface area contributed by atoms with Crippen molar-refractivity contribution in [3.8, 4) is 0 Å². The van der Waals surface area contributed by atoms with Crippen LogP contribution in [0.25, 0.3) is 0 Å². The molecular formula is C6H10O4. The quantitative estimate of drug-likeness (QED) is 0.394. The molecule has 1 atom stereocenters. The summed E-state index contributed by atoms with van der Waals surface area (Å²) in [6, 6.07) is 0. The predicted molar refractivity (Wildman–Crippen MR) is 33.2 cm³/mol. The summed E-state index contributed by atoms with van der Waals surface area (Å²) in [4.78, 5) is 19.3. The Hall–Kier alpha value is -1.06. The monoisotopic (exact) mass is 146 g/mol. The Morgan fingerprint density at radius 3 is 2.60 bits per heavy atom. The van der Waals surface area contributed by atoms with Crippen LogP contribution in [0, 0.1) is 0 Å². The highest BCUT2D eigenvalue weighted by Gasteiger charge is 1.99. The maximum Gasteiger partial charge on any atom is 0.293 e. The standard InChI is InChI=1S/C6H10O4/c1-6(10-5-8)2-3-9-4-7/h4-6H,2-3H2,1H3. The smallest absolute Gasteiger partial charge is 0.293 e. The Balaban J connectivity index is 3.11. The van der Waals surface area contributed by atoms with Crippen molar-refractivity contribution in [2.75, 3.05) is 6.61 Å². The lowest BCUT2D eigenvalue weighted by Gasteiger charge is -2.06. The van der Waals surface area contributed by atoms with Gasteiger partial charge in [-0.05, 0) is 6.92 Å². The van der Waals surface area contributed by atoms with E-state index >= 15 is 0 Å². The van der Waals surface area contributed by atoms with Gasteiger partial charge in [-0.1, -0.05) is 0 Å². The van der Waals surface area contributed by atoms with Gasteiger partial charge in [0.2, 0.25) is 0 Å². The average Bonchev–Trinajstić information content (AvgIpc) is 1.89. The van der Waals surface area contributed by atoms with E-state index in [0.717, 1.165) is 0 Å². The molecule has 0 radical (unpaired) electrons. The van der Waals surface area contributed by atoms with Crippen molar-refractivity contribution in [2.24, 2.45) is 0 Å². The summed E-state index contributed by atoms with van der Waals surface area (Å²) in [5.74, 6) is 0. The molecule has 0 bridgehead atoms. The molecule has 0 heterocycles. The highest BCUT2D eigenvalue weighted by atomic mass is 16.5. The largest absolute Gasteiger partial charge is 0.468 e. The van der Waals surface area contributed by atoms with Crippen molar-refractivity contribution < 1.29 is 19.1 Å². The maximum absolute atomic E-state index is 9.72. The van der Waals surface area contributed by atoms with Gasteiger partial charge in [0.05, 0.1) is 6.61 Å². The lowest BCUT2D eigenvalue weighted by molar-refractivity contribution is -0.134. The van der Waals surface area contributed by atoms with Crippen LogP contribution in [0.15, 0.2) is 0 Å². The average molecular weight is 146 g/mol. The molecule has 0 rings (SSSR count). The van der Waals surface area contributed by atoms with Crippen molar-refractivity contribution in [3.05, 3.63) is 0 Å². The molecule has 0 saturated carbocycles. The van der Waals surface area contributed by atoms with Crippen molar-refractivity contribution >= 4 is 12.9 Å². The van der Waals surface area contributed by atoms with E-state index in [1.807, 2.05) is 0 Å². The minimum Gasteiger partial charge on any atom is -0.468 e. The van der Waals surface area contributed by atoms with Crippen LogP contribution in [0.5, 0.6) is 0 Å². The highest BCUT2D eigenvalue weighted by molar-refractivity contribution is 5.37. The molecule has 10 heavy (non-hydrogen) atoms. The van der Waals surface area contributed by atoms with Gasteiger partial charge in [-0.15, -0.1) is 0 Å². The third-order valence-corrected chi connectivity index (χ3v) is 0.998. The van der Waals surface area contributed by atoms with E-state index in [4.69, 9.17) is 0 Å². The van der Waals surface area contributed by atoms with Gasteiger partial charge in [0.15, 0.2) is 0 Å². The van der Waals surface area contributed by atoms with E-state index in [1.54, 1.807) is 6.92 Å². The van der Waals surface area contributed by atoms with Crippen LogP contribution in [0.4, 0.5) is 0 Å². The first-order chi connectivity index (χ1) is 4.81. The predicted octanol–water partition coefficient (Wildman–Crippen LogP) is 0.111. The third-order valence-electron chi connectivity index (χ3n) is 0.998. The van der Waals surface area contributed by atoms with Gasteiger partial charge in [-0.3, -0.25) is 9.59 Å². The number of hydrogen-bond donors (Lipinski definition) is 0. The van der Waals surface area contributed by atoms with Crippen LogP contribution >= 0.6 is 0 Å². The first-order valence-electron chi connectivity index (χ1n) is 2.95. The molecule has 0 aliphatic heterocycles. The van der Waals surface area contributed by atoms with Gasteiger partial charge in [-0.25, -0.2) is 0 Å². The molecule has 0 aromatic carbocycles. The fourth-order valence-corrected chi connectivity index (χ4v) is 0.445. The normalized spacial score (nSPS) is 11.7. The number of rotatable bonds is 6. The van der Waals surface area contributed by atoms with Gasteiger partial charge in [0.1, 0.15) is 6.10 Å². The molecule has 0 aromatic heterocycles. The topological polar surface area (TPSA) is 52.6 Å². The molecule has 4 heteroatoms. The summed E-state index contributed by atoms with van der Waals surface area (Å²) in [6.07, 6.45) is 0.356. The van der Waals surface area contributed by atoms with Gasteiger partial charge in [0.25, 0.3) is 12.9 Å². The van der Waals surface area contributed by atoms with Crippen LogP contribution in [0.2, 0.25) is 0 Å². The molecule has 0 saturated heterocycles. The molecule has 0 aliphatic carbocycles. The summed E-state index contributed by atoms with van der Waals surface area (Å²) >= 11 is 0. The summed E-state index contributed by atoms with van der Waals surface area (Å²) in [6.45, 7) is 2.76. The van der Waals surface area contributed by atoms with Gasteiger partial charge in [-0.2, -0.15) is 0 Å². The van der Waals surface area contributed by atoms with Gasteiger partial charge in [0, 0.05) is 6.42 Å². The molecule has 1 unspecified atom stereocenters. The zero-order valence-corrected chi connectivity index (χ0v) is 5.78. The Morgan fingerprint density at radius 2 is 2.10 bits per heavy atom. The fourth-order valence-electron chi connectivity index (χ4n) is 0.445. The Labute approximate surface area is 59.1 Å². The molecule has 0 amide bonds. The Morgan fingerprint density at radius 1 is 1.40 bits per heavy atom. The van der Waals surface area contributed by atoms with Crippen LogP contribution in [0.3, 0.4) is 0 Å². The highest BCUT2D eigenvalue weighted by Crippen LogP contribution is 1.94. The molecule has 0 N–H and O–H groups in total. The number of hydrogen-bond acceptors (Lipinski definition) is 4. The number of carbonyl (C=O) groups is 2. The Kier molecular flexibility index (Phi) is 5.42. The fraction of sp³-hybridized carbons (Fsp3) is 0.667. The van der Waals surface area contributed by atoms with E-state index in [2.05, 4.69) is 9.47 Å².